The lowest BCUT2D eigenvalue weighted by atomic mass is 9.91. The van der Waals surface area contributed by atoms with Crippen molar-refractivity contribution >= 4 is 0 Å². The van der Waals surface area contributed by atoms with Crippen LogP contribution in [0.2, 0.25) is 0 Å². The molecule has 108 valence electrons. The van der Waals surface area contributed by atoms with E-state index in [0.29, 0.717) is 24.4 Å². The SMILES string of the molecule is CC1CCCN(Cc2noc(C(C)(C)C)n2)C1CN. The Balaban J connectivity index is 2.05. The van der Waals surface area contributed by atoms with Crippen molar-refractivity contribution in [2.24, 2.45) is 11.7 Å². The predicted octanol–water partition coefficient (Wildman–Crippen LogP) is 1.93. The van der Waals surface area contributed by atoms with Gasteiger partial charge in [-0.1, -0.05) is 32.9 Å². The van der Waals surface area contributed by atoms with Crippen LogP contribution in [0.5, 0.6) is 0 Å². The van der Waals surface area contributed by atoms with E-state index < -0.39 is 0 Å². The predicted molar refractivity (Wildman–Crippen MR) is 74.6 cm³/mol. The molecule has 5 heteroatoms. The summed E-state index contributed by atoms with van der Waals surface area (Å²) in [5.74, 6) is 2.13. The van der Waals surface area contributed by atoms with Crippen LogP contribution in [0.3, 0.4) is 0 Å². The normalized spacial score (nSPS) is 25.7. The lowest BCUT2D eigenvalue weighted by Crippen LogP contribution is -2.48. The second-order valence-corrected chi connectivity index (χ2v) is 6.66. The van der Waals surface area contributed by atoms with Crippen LogP contribution in [0.25, 0.3) is 0 Å². The molecule has 1 aliphatic rings. The molecule has 2 rings (SSSR count). The molecule has 0 radical (unpaired) electrons. The Morgan fingerprint density at radius 2 is 2.16 bits per heavy atom. The standard InChI is InChI=1S/C14H26N4O/c1-10-6-5-7-18(11(10)8-15)9-12-16-13(19-17-12)14(2,3)4/h10-11H,5-9,15H2,1-4H3. The van der Waals surface area contributed by atoms with Crippen molar-refractivity contribution in [3.8, 4) is 0 Å². The first kappa shape index (κ1) is 14.5. The molecule has 0 amide bonds. The Hall–Kier alpha value is -0.940. The number of rotatable bonds is 3. The number of hydrogen-bond acceptors (Lipinski definition) is 5. The monoisotopic (exact) mass is 266 g/mol. The first-order valence-electron chi connectivity index (χ1n) is 7.19. The molecular weight excluding hydrogens is 240 g/mol. The smallest absolute Gasteiger partial charge is 0.232 e. The third-order valence-electron chi connectivity index (χ3n) is 3.93. The molecule has 1 aromatic heterocycles. The highest BCUT2D eigenvalue weighted by Crippen LogP contribution is 2.25. The van der Waals surface area contributed by atoms with E-state index in [-0.39, 0.29) is 5.41 Å². The average Bonchev–Trinajstić information content (AvgIpc) is 2.77. The van der Waals surface area contributed by atoms with Gasteiger partial charge in [0.1, 0.15) is 0 Å². The first-order valence-corrected chi connectivity index (χ1v) is 7.19. The van der Waals surface area contributed by atoms with Crippen molar-refractivity contribution in [2.45, 2.75) is 58.5 Å². The van der Waals surface area contributed by atoms with Gasteiger partial charge in [0.05, 0.1) is 6.54 Å². The van der Waals surface area contributed by atoms with E-state index in [1.165, 1.54) is 12.8 Å². The molecule has 19 heavy (non-hydrogen) atoms. The molecule has 2 atom stereocenters. The van der Waals surface area contributed by atoms with Crippen LogP contribution in [-0.2, 0) is 12.0 Å². The van der Waals surface area contributed by atoms with Crippen molar-refractivity contribution in [1.82, 2.24) is 15.0 Å². The Labute approximate surface area is 115 Å². The molecule has 0 bridgehead atoms. The number of likely N-dealkylation sites (tertiary alicyclic amines) is 1. The molecule has 0 aromatic carbocycles. The van der Waals surface area contributed by atoms with Crippen molar-refractivity contribution in [2.75, 3.05) is 13.1 Å². The Bertz CT molecular complexity index is 410. The maximum Gasteiger partial charge on any atom is 0.232 e. The van der Waals surface area contributed by atoms with E-state index in [2.05, 4.69) is 42.7 Å². The molecule has 0 spiro atoms. The van der Waals surface area contributed by atoms with E-state index in [1.54, 1.807) is 0 Å². The quantitative estimate of drug-likeness (QED) is 0.905. The van der Waals surface area contributed by atoms with Crippen LogP contribution in [0.1, 0.15) is 52.3 Å². The third-order valence-corrected chi connectivity index (χ3v) is 3.93. The van der Waals surface area contributed by atoms with E-state index >= 15 is 0 Å². The molecule has 2 unspecified atom stereocenters. The average molecular weight is 266 g/mol. The molecule has 1 saturated heterocycles. The van der Waals surface area contributed by atoms with Gasteiger partial charge in [0, 0.05) is 18.0 Å². The van der Waals surface area contributed by atoms with Crippen molar-refractivity contribution in [3.63, 3.8) is 0 Å². The van der Waals surface area contributed by atoms with E-state index in [4.69, 9.17) is 10.3 Å². The zero-order valence-electron chi connectivity index (χ0n) is 12.5. The second kappa shape index (κ2) is 5.59. The summed E-state index contributed by atoms with van der Waals surface area (Å²) in [6, 6.07) is 0.435. The van der Waals surface area contributed by atoms with Crippen LogP contribution in [0.15, 0.2) is 4.52 Å². The van der Waals surface area contributed by atoms with Crippen LogP contribution >= 0.6 is 0 Å². The summed E-state index contributed by atoms with van der Waals surface area (Å²) in [6.45, 7) is 11.0. The van der Waals surface area contributed by atoms with Gasteiger partial charge in [0.25, 0.3) is 0 Å². The Morgan fingerprint density at radius 1 is 1.42 bits per heavy atom. The summed E-state index contributed by atoms with van der Waals surface area (Å²) in [7, 11) is 0. The number of aromatic nitrogens is 2. The topological polar surface area (TPSA) is 68.2 Å². The minimum absolute atomic E-state index is 0.0896. The van der Waals surface area contributed by atoms with Gasteiger partial charge in [-0.15, -0.1) is 0 Å². The molecule has 5 nitrogen and oxygen atoms in total. The Kier molecular flexibility index (Phi) is 4.26. The lowest BCUT2D eigenvalue weighted by Gasteiger charge is -2.38. The molecule has 2 heterocycles. The number of piperidine rings is 1. The minimum Gasteiger partial charge on any atom is -0.339 e. The van der Waals surface area contributed by atoms with Gasteiger partial charge >= 0.3 is 0 Å². The number of nitrogens with two attached hydrogens (primary N) is 1. The summed E-state index contributed by atoms with van der Waals surface area (Å²) in [6.07, 6.45) is 2.49. The number of nitrogens with zero attached hydrogens (tertiary/aromatic N) is 3. The molecule has 0 saturated carbocycles. The highest BCUT2D eigenvalue weighted by atomic mass is 16.5. The minimum atomic E-state index is -0.0896. The number of hydrogen-bond donors (Lipinski definition) is 1. The highest BCUT2D eigenvalue weighted by Gasteiger charge is 2.29. The molecule has 1 fully saturated rings. The van der Waals surface area contributed by atoms with Gasteiger partial charge in [-0.2, -0.15) is 4.98 Å². The maximum absolute atomic E-state index is 5.91. The molecule has 2 N–H and O–H groups in total. The first-order chi connectivity index (χ1) is 8.91. The molecular formula is C14H26N4O. The third kappa shape index (κ3) is 3.34. The van der Waals surface area contributed by atoms with E-state index in [0.717, 1.165) is 18.9 Å². The lowest BCUT2D eigenvalue weighted by molar-refractivity contribution is 0.0954. The van der Waals surface area contributed by atoms with Crippen LogP contribution in [0, 0.1) is 5.92 Å². The second-order valence-electron chi connectivity index (χ2n) is 6.66. The molecule has 0 aliphatic carbocycles. The van der Waals surface area contributed by atoms with Gasteiger partial charge in [0.15, 0.2) is 5.82 Å². The summed E-state index contributed by atoms with van der Waals surface area (Å²) >= 11 is 0. The summed E-state index contributed by atoms with van der Waals surface area (Å²) in [5, 5.41) is 4.10. The maximum atomic E-state index is 5.91. The van der Waals surface area contributed by atoms with Gasteiger partial charge in [-0.05, 0) is 25.3 Å². The summed E-state index contributed by atoms with van der Waals surface area (Å²) < 4.78 is 5.35. The largest absolute Gasteiger partial charge is 0.339 e. The summed E-state index contributed by atoms with van der Waals surface area (Å²) in [5.41, 5.74) is 5.82. The van der Waals surface area contributed by atoms with Crippen molar-refractivity contribution < 1.29 is 4.52 Å². The Morgan fingerprint density at radius 3 is 2.74 bits per heavy atom. The van der Waals surface area contributed by atoms with Gasteiger partial charge in [-0.25, -0.2) is 0 Å². The van der Waals surface area contributed by atoms with Crippen molar-refractivity contribution in [3.05, 3.63) is 11.7 Å². The zero-order valence-corrected chi connectivity index (χ0v) is 12.5. The molecule has 1 aromatic rings. The van der Waals surface area contributed by atoms with Gasteiger partial charge in [0.2, 0.25) is 5.89 Å². The van der Waals surface area contributed by atoms with Gasteiger partial charge in [-0.3, -0.25) is 4.90 Å². The highest BCUT2D eigenvalue weighted by molar-refractivity contribution is 4.99. The van der Waals surface area contributed by atoms with E-state index in [1.807, 2.05) is 0 Å². The summed E-state index contributed by atoms with van der Waals surface area (Å²) in [4.78, 5) is 6.90. The van der Waals surface area contributed by atoms with Crippen molar-refractivity contribution in [1.29, 1.82) is 0 Å². The van der Waals surface area contributed by atoms with Gasteiger partial charge < -0.3 is 10.3 Å². The fourth-order valence-corrected chi connectivity index (χ4v) is 2.72. The van der Waals surface area contributed by atoms with Crippen LogP contribution < -0.4 is 5.73 Å². The van der Waals surface area contributed by atoms with Crippen LogP contribution in [0.4, 0.5) is 0 Å². The molecule has 1 aliphatic heterocycles. The van der Waals surface area contributed by atoms with Crippen LogP contribution in [-0.4, -0.2) is 34.2 Å². The zero-order chi connectivity index (χ0) is 14.0. The fraction of sp³-hybridized carbons (Fsp3) is 0.857. The fourth-order valence-electron chi connectivity index (χ4n) is 2.72. The van der Waals surface area contributed by atoms with E-state index in [9.17, 15) is 0 Å².